The predicted octanol–water partition coefficient (Wildman–Crippen LogP) is 4.76. The summed E-state index contributed by atoms with van der Waals surface area (Å²) in [5.41, 5.74) is 3.31. The van der Waals surface area contributed by atoms with Gasteiger partial charge in [-0.3, -0.25) is 9.36 Å². The van der Waals surface area contributed by atoms with Crippen molar-refractivity contribution in [3.8, 4) is 0 Å². The third-order valence-electron chi connectivity index (χ3n) is 6.03. The Bertz CT molecular complexity index is 1140. The molecule has 1 aliphatic rings. The lowest BCUT2D eigenvalue weighted by Crippen LogP contribution is -2.45. The molecule has 7 nitrogen and oxygen atoms in total. The lowest BCUT2D eigenvalue weighted by Gasteiger charge is -2.43. The normalized spacial score (nSPS) is 14.3. The Morgan fingerprint density at radius 2 is 1.34 bits per heavy atom. The first-order valence-electron chi connectivity index (χ1n) is 11.1. The molecule has 0 aromatic heterocycles. The van der Waals surface area contributed by atoms with Gasteiger partial charge < -0.3 is 24.6 Å². The zero-order chi connectivity index (χ0) is 24.7. The molecular weight excluding hydrogens is 461 g/mol. The van der Waals surface area contributed by atoms with E-state index in [1.165, 1.54) is 14.2 Å². The third-order valence-corrected chi connectivity index (χ3v) is 7.84. The molecule has 0 radical (unpaired) electrons. The van der Waals surface area contributed by atoms with Gasteiger partial charge in [0.15, 0.2) is 0 Å². The van der Waals surface area contributed by atoms with Gasteiger partial charge in [0.05, 0.1) is 12.4 Å². The Labute approximate surface area is 205 Å². The maximum atomic E-state index is 13.0. The molecule has 3 aromatic carbocycles. The number of hydrogen-bond acceptors (Lipinski definition) is 6. The molecule has 1 aliphatic heterocycles. The maximum absolute atomic E-state index is 13.0. The van der Waals surface area contributed by atoms with Crippen LogP contribution in [-0.4, -0.2) is 32.2 Å². The number of benzene rings is 3. The quantitative estimate of drug-likeness (QED) is 0.243. The van der Waals surface area contributed by atoms with Crippen molar-refractivity contribution in [1.29, 1.82) is 0 Å². The van der Waals surface area contributed by atoms with Crippen LogP contribution in [0.1, 0.15) is 16.7 Å². The molecule has 1 heterocycles. The summed E-state index contributed by atoms with van der Waals surface area (Å²) in [6.07, 6.45) is 3.98. The summed E-state index contributed by atoms with van der Waals surface area (Å²) in [5, 5.41) is 5.82. The largest absolute Gasteiger partial charge is 0.377 e. The molecule has 0 atom stereocenters. The van der Waals surface area contributed by atoms with Crippen molar-refractivity contribution in [3.63, 3.8) is 0 Å². The summed E-state index contributed by atoms with van der Waals surface area (Å²) in [6, 6.07) is 30.9. The first-order chi connectivity index (χ1) is 17.1. The summed E-state index contributed by atoms with van der Waals surface area (Å²) < 4.78 is 23.1. The Hall–Kier alpha value is -3.64. The topological polar surface area (TPSA) is 79.9 Å². The summed E-state index contributed by atoms with van der Waals surface area (Å²) in [5.74, 6) is 0. The summed E-state index contributed by atoms with van der Waals surface area (Å²) in [4.78, 5) is 13.4. The first kappa shape index (κ1) is 24.5. The van der Waals surface area contributed by atoms with Gasteiger partial charge in [-0.25, -0.2) is 0 Å². The molecule has 0 unspecified atom stereocenters. The molecule has 0 bridgehead atoms. The Kier molecular flexibility index (Phi) is 7.51. The van der Waals surface area contributed by atoms with Gasteiger partial charge in [-0.1, -0.05) is 91.0 Å². The zero-order valence-corrected chi connectivity index (χ0v) is 20.5. The number of nitrogens with zero attached hydrogens (tertiary/aromatic N) is 1. The molecule has 4 rings (SSSR count). The Balaban J connectivity index is 1.92. The van der Waals surface area contributed by atoms with Gasteiger partial charge in [0.2, 0.25) is 6.41 Å². The molecule has 0 fully saturated rings. The number of carbonyl (C=O) groups excluding carboxylic acids is 1. The smallest absolute Gasteiger partial charge is 0.366 e. The van der Waals surface area contributed by atoms with Crippen molar-refractivity contribution in [1.82, 2.24) is 15.5 Å². The molecule has 1 amide bonds. The number of rotatable bonds is 10. The monoisotopic (exact) mass is 489 g/mol. The summed E-state index contributed by atoms with van der Waals surface area (Å²) in [7, 11) is -1.12. The van der Waals surface area contributed by atoms with Crippen molar-refractivity contribution < 1.29 is 18.4 Å². The average molecular weight is 490 g/mol. The van der Waals surface area contributed by atoms with E-state index >= 15 is 0 Å². The molecular formula is C27H28N3O4P. The first-order valence-corrected chi connectivity index (χ1v) is 12.7. The number of carbonyl (C=O) groups is 1. The lowest BCUT2D eigenvalue weighted by atomic mass is 9.76. The number of hydrogen-bond donors (Lipinski definition) is 2. The van der Waals surface area contributed by atoms with E-state index in [0.717, 1.165) is 16.7 Å². The van der Waals surface area contributed by atoms with Crippen LogP contribution in [0.25, 0.3) is 0 Å². The van der Waals surface area contributed by atoms with Gasteiger partial charge in [-0.15, -0.1) is 0 Å². The van der Waals surface area contributed by atoms with Crippen molar-refractivity contribution >= 4 is 14.0 Å². The van der Waals surface area contributed by atoms with Crippen LogP contribution in [0.4, 0.5) is 0 Å². The standard InChI is InChI=1S/C27H28N3O4P/c1-33-35(32,34-2)26(29-21-31)18-25-19-30(20-28-25)27(22-12-6-3-7-13-22,23-14-8-4-9-15-23)24-16-10-5-11-17-24/h3-19,21,28H,20H2,1-2H3,(H,29,31)/b26-18+. The summed E-state index contributed by atoms with van der Waals surface area (Å²) in [6.45, 7) is 0.461. The molecule has 0 saturated carbocycles. The average Bonchev–Trinajstić information content (AvgIpc) is 3.39. The highest BCUT2D eigenvalue weighted by atomic mass is 31.2. The fourth-order valence-electron chi connectivity index (χ4n) is 4.45. The van der Waals surface area contributed by atoms with E-state index in [-0.39, 0.29) is 5.44 Å². The lowest BCUT2D eigenvalue weighted by molar-refractivity contribution is -0.108. The zero-order valence-electron chi connectivity index (χ0n) is 19.6. The van der Waals surface area contributed by atoms with Crippen LogP contribution in [0.3, 0.4) is 0 Å². The fourth-order valence-corrected chi connectivity index (χ4v) is 5.50. The predicted molar refractivity (Wildman–Crippen MR) is 136 cm³/mol. The second kappa shape index (κ2) is 10.7. The minimum Gasteiger partial charge on any atom is -0.366 e. The Morgan fingerprint density at radius 1 is 0.886 bits per heavy atom. The van der Waals surface area contributed by atoms with Crippen LogP contribution in [0.5, 0.6) is 0 Å². The van der Waals surface area contributed by atoms with E-state index in [9.17, 15) is 9.36 Å². The van der Waals surface area contributed by atoms with E-state index < -0.39 is 13.1 Å². The van der Waals surface area contributed by atoms with Gasteiger partial charge in [0, 0.05) is 20.4 Å². The van der Waals surface area contributed by atoms with Gasteiger partial charge >= 0.3 is 7.60 Å². The highest BCUT2D eigenvalue weighted by Gasteiger charge is 2.42. The van der Waals surface area contributed by atoms with Gasteiger partial charge in [0.1, 0.15) is 11.0 Å². The molecule has 35 heavy (non-hydrogen) atoms. The van der Waals surface area contributed by atoms with Crippen molar-refractivity contribution in [3.05, 3.63) is 131 Å². The second-order valence-electron chi connectivity index (χ2n) is 7.85. The van der Waals surface area contributed by atoms with E-state index in [1.807, 2.05) is 60.8 Å². The van der Waals surface area contributed by atoms with Crippen LogP contribution in [0, 0.1) is 0 Å². The molecule has 8 heteroatoms. The van der Waals surface area contributed by atoms with E-state index in [2.05, 4.69) is 51.9 Å². The van der Waals surface area contributed by atoms with Crippen LogP contribution in [0.15, 0.2) is 114 Å². The molecule has 0 spiro atoms. The molecule has 180 valence electrons. The van der Waals surface area contributed by atoms with Gasteiger partial charge in [-0.05, 0) is 22.8 Å². The highest BCUT2D eigenvalue weighted by Crippen LogP contribution is 2.53. The van der Waals surface area contributed by atoms with E-state index in [1.54, 1.807) is 6.08 Å². The van der Waals surface area contributed by atoms with E-state index in [4.69, 9.17) is 9.05 Å². The molecule has 2 N–H and O–H groups in total. The SMILES string of the molecule is COP(=O)(OC)/C(=C/C1=CN(C(c2ccccc2)(c2ccccc2)c2ccccc2)CN1)NC=O. The van der Waals surface area contributed by atoms with Crippen molar-refractivity contribution in [2.24, 2.45) is 0 Å². The van der Waals surface area contributed by atoms with Crippen molar-refractivity contribution in [2.45, 2.75) is 5.54 Å². The van der Waals surface area contributed by atoms with Crippen LogP contribution < -0.4 is 10.6 Å². The number of nitrogens with one attached hydrogen (secondary N) is 2. The number of allylic oxidation sites excluding steroid dienone is 1. The van der Waals surface area contributed by atoms with Gasteiger partial charge in [0.25, 0.3) is 0 Å². The van der Waals surface area contributed by atoms with Crippen LogP contribution in [0.2, 0.25) is 0 Å². The second-order valence-corrected chi connectivity index (χ2v) is 10.1. The fraction of sp³-hybridized carbons (Fsp3) is 0.148. The third kappa shape index (κ3) is 4.66. The van der Waals surface area contributed by atoms with E-state index in [0.29, 0.717) is 18.8 Å². The highest BCUT2D eigenvalue weighted by molar-refractivity contribution is 7.58. The minimum absolute atomic E-state index is 0.0443. The Morgan fingerprint density at radius 3 is 1.74 bits per heavy atom. The van der Waals surface area contributed by atoms with Crippen LogP contribution >= 0.6 is 7.60 Å². The van der Waals surface area contributed by atoms with Crippen molar-refractivity contribution in [2.75, 3.05) is 20.9 Å². The maximum Gasteiger partial charge on any atom is 0.377 e. The minimum atomic E-state index is -3.68. The summed E-state index contributed by atoms with van der Waals surface area (Å²) >= 11 is 0. The van der Waals surface area contributed by atoms with Gasteiger partial charge in [-0.2, -0.15) is 0 Å². The number of amides is 1. The van der Waals surface area contributed by atoms with Crippen LogP contribution in [-0.2, 0) is 23.9 Å². The molecule has 0 aliphatic carbocycles. The molecule has 3 aromatic rings. The molecule has 0 saturated heterocycles.